The number of fused-ring (bicyclic) bond motifs is 1. The molecule has 1 aliphatic heterocycles. The van der Waals surface area contributed by atoms with Crippen molar-refractivity contribution in [2.75, 3.05) is 13.7 Å². The quantitative estimate of drug-likeness (QED) is 0.643. The molecule has 1 unspecified atom stereocenters. The van der Waals surface area contributed by atoms with Gasteiger partial charge in [-0.05, 0) is 38.8 Å². The molecule has 1 atom stereocenters. The molecule has 0 bridgehead atoms. The van der Waals surface area contributed by atoms with Gasteiger partial charge in [0.1, 0.15) is 17.6 Å². The molecule has 1 fully saturated rings. The molecule has 5 heteroatoms. The number of methoxy groups -OCH3 is 1. The van der Waals surface area contributed by atoms with Gasteiger partial charge in [0.05, 0.1) is 13.7 Å². The highest BCUT2D eigenvalue weighted by atomic mass is 16.5. The van der Waals surface area contributed by atoms with E-state index < -0.39 is 0 Å². The molecule has 2 N–H and O–H groups in total. The lowest BCUT2D eigenvalue weighted by Crippen LogP contribution is -2.42. The van der Waals surface area contributed by atoms with E-state index in [2.05, 4.69) is 36.6 Å². The zero-order chi connectivity index (χ0) is 16.9. The molecule has 2 aliphatic rings. The van der Waals surface area contributed by atoms with E-state index in [1.807, 2.05) is 0 Å². The van der Waals surface area contributed by atoms with Gasteiger partial charge < -0.3 is 20.1 Å². The molecule has 132 valence electrons. The van der Waals surface area contributed by atoms with Crippen LogP contribution >= 0.6 is 0 Å². The Kier molecular flexibility index (Phi) is 5.48. The zero-order valence-corrected chi connectivity index (χ0v) is 15.0. The van der Waals surface area contributed by atoms with E-state index in [9.17, 15) is 0 Å². The maximum Gasteiger partial charge on any atom is 0.191 e. The van der Waals surface area contributed by atoms with Gasteiger partial charge in [0.25, 0.3) is 0 Å². The van der Waals surface area contributed by atoms with Gasteiger partial charge in [-0.3, -0.25) is 0 Å². The van der Waals surface area contributed by atoms with Crippen molar-refractivity contribution in [1.29, 1.82) is 0 Å². The Bertz CT molecular complexity index is 595. The van der Waals surface area contributed by atoms with Crippen molar-refractivity contribution in [2.45, 2.75) is 64.6 Å². The summed E-state index contributed by atoms with van der Waals surface area (Å²) in [5.74, 6) is 2.76. The summed E-state index contributed by atoms with van der Waals surface area (Å²) in [6, 6.07) is 4.73. The van der Waals surface area contributed by atoms with Crippen molar-refractivity contribution in [2.24, 2.45) is 4.99 Å². The summed E-state index contributed by atoms with van der Waals surface area (Å²) in [6.45, 7) is 5.63. The third kappa shape index (κ3) is 3.94. The smallest absolute Gasteiger partial charge is 0.191 e. The second-order valence-corrected chi connectivity index (χ2v) is 6.73. The number of hydrogen-bond donors (Lipinski definition) is 2. The minimum absolute atomic E-state index is 0.241. The summed E-state index contributed by atoms with van der Waals surface area (Å²) in [7, 11) is 1.72. The molecule has 5 nitrogen and oxygen atoms in total. The van der Waals surface area contributed by atoms with Crippen molar-refractivity contribution >= 4 is 5.96 Å². The summed E-state index contributed by atoms with van der Waals surface area (Å²) < 4.78 is 11.4. The lowest BCUT2D eigenvalue weighted by Gasteiger charge is -2.17. The minimum atomic E-state index is 0.241. The first kappa shape index (κ1) is 16.9. The first-order valence-electron chi connectivity index (χ1n) is 9.11. The first-order valence-corrected chi connectivity index (χ1v) is 9.11. The predicted molar refractivity (Wildman–Crippen MR) is 97.0 cm³/mol. The Balaban J connectivity index is 1.74. The minimum Gasteiger partial charge on any atom is -0.496 e. The number of aliphatic imine (C=N–C) groups is 1. The van der Waals surface area contributed by atoms with Crippen LogP contribution in [0.15, 0.2) is 17.1 Å². The van der Waals surface area contributed by atoms with Gasteiger partial charge >= 0.3 is 0 Å². The highest BCUT2D eigenvalue weighted by Crippen LogP contribution is 2.35. The Morgan fingerprint density at radius 1 is 1.33 bits per heavy atom. The molecule has 0 spiro atoms. The molecule has 1 aliphatic carbocycles. The molecular weight excluding hydrogens is 302 g/mol. The monoisotopic (exact) mass is 331 g/mol. The van der Waals surface area contributed by atoms with Gasteiger partial charge in [-0.2, -0.15) is 0 Å². The summed E-state index contributed by atoms with van der Waals surface area (Å²) in [6.07, 6.45) is 6.28. The van der Waals surface area contributed by atoms with E-state index in [-0.39, 0.29) is 6.10 Å². The maximum atomic E-state index is 5.87. The fraction of sp³-hybridized carbons (Fsp3) is 0.632. The average Bonchev–Trinajstić information content (AvgIpc) is 3.19. The largest absolute Gasteiger partial charge is 0.496 e. The van der Waals surface area contributed by atoms with Crippen LogP contribution in [0.4, 0.5) is 0 Å². The summed E-state index contributed by atoms with van der Waals surface area (Å²) >= 11 is 0. The number of nitrogens with one attached hydrogen (secondary N) is 2. The van der Waals surface area contributed by atoms with Gasteiger partial charge in [0.15, 0.2) is 5.96 Å². The Morgan fingerprint density at radius 2 is 2.12 bits per heavy atom. The molecule has 1 aromatic carbocycles. The fourth-order valence-electron chi connectivity index (χ4n) is 3.54. The number of hydrogen-bond acceptors (Lipinski definition) is 3. The Hall–Kier alpha value is -1.91. The van der Waals surface area contributed by atoms with Crippen molar-refractivity contribution in [1.82, 2.24) is 10.6 Å². The van der Waals surface area contributed by atoms with E-state index in [0.29, 0.717) is 12.6 Å². The summed E-state index contributed by atoms with van der Waals surface area (Å²) in [5.41, 5.74) is 2.29. The second kappa shape index (κ2) is 7.77. The first-order chi connectivity index (χ1) is 11.7. The number of ether oxygens (including phenoxy) is 2. The van der Waals surface area contributed by atoms with Gasteiger partial charge in [-0.15, -0.1) is 0 Å². The molecule has 1 saturated carbocycles. The Labute approximate surface area is 144 Å². The molecule has 0 aromatic heterocycles. The molecule has 1 aromatic rings. The van der Waals surface area contributed by atoms with Gasteiger partial charge in [-0.1, -0.05) is 12.8 Å². The van der Waals surface area contributed by atoms with Crippen LogP contribution in [0.3, 0.4) is 0 Å². The van der Waals surface area contributed by atoms with Crippen LogP contribution in [0.25, 0.3) is 0 Å². The van der Waals surface area contributed by atoms with E-state index in [0.717, 1.165) is 36.0 Å². The van der Waals surface area contributed by atoms with Gasteiger partial charge in [0, 0.05) is 30.1 Å². The van der Waals surface area contributed by atoms with E-state index >= 15 is 0 Å². The zero-order valence-electron chi connectivity index (χ0n) is 15.0. The van der Waals surface area contributed by atoms with Crippen molar-refractivity contribution in [3.05, 3.63) is 23.3 Å². The lowest BCUT2D eigenvalue weighted by atomic mass is 10.1. The number of benzene rings is 1. The molecule has 1 heterocycles. The fourth-order valence-corrected chi connectivity index (χ4v) is 3.54. The van der Waals surface area contributed by atoms with Crippen molar-refractivity contribution in [3.8, 4) is 11.5 Å². The highest BCUT2D eigenvalue weighted by molar-refractivity contribution is 5.80. The molecule has 0 amide bonds. The van der Waals surface area contributed by atoms with Crippen molar-refractivity contribution < 1.29 is 9.47 Å². The standard InChI is InChI=1S/C19H29N3O2/c1-4-20-19(22-16-7-5-6-8-16)21-12-15-11-18-14(9-13(2)24-18)10-17(15)23-3/h10-11,13,16H,4-9,12H2,1-3H3,(H2,20,21,22). The second-order valence-electron chi connectivity index (χ2n) is 6.73. The third-order valence-corrected chi connectivity index (χ3v) is 4.75. The molecule has 3 rings (SSSR count). The van der Waals surface area contributed by atoms with E-state index in [4.69, 9.17) is 14.5 Å². The molecular formula is C19H29N3O2. The summed E-state index contributed by atoms with van der Waals surface area (Å²) in [4.78, 5) is 4.76. The summed E-state index contributed by atoms with van der Waals surface area (Å²) in [5, 5.41) is 6.89. The molecule has 0 saturated heterocycles. The number of rotatable bonds is 5. The van der Waals surface area contributed by atoms with Crippen LogP contribution in [0, 0.1) is 0 Å². The van der Waals surface area contributed by atoms with Crippen LogP contribution < -0.4 is 20.1 Å². The van der Waals surface area contributed by atoms with Crippen LogP contribution in [-0.4, -0.2) is 31.8 Å². The average molecular weight is 331 g/mol. The van der Waals surface area contributed by atoms with Gasteiger partial charge in [0.2, 0.25) is 0 Å². The molecule has 24 heavy (non-hydrogen) atoms. The Morgan fingerprint density at radius 3 is 2.83 bits per heavy atom. The van der Waals surface area contributed by atoms with Crippen LogP contribution in [0.2, 0.25) is 0 Å². The van der Waals surface area contributed by atoms with Crippen molar-refractivity contribution in [3.63, 3.8) is 0 Å². The van der Waals surface area contributed by atoms with Crippen LogP contribution in [0.1, 0.15) is 50.7 Å². The van der Waals surface area contributed by atoms with Crippen LogP contribution in [-0.2, 0) is 13.0 Å². The van der Waals surface area contributed by atoms with Crippen LogP contribution in [0.5, 0.6) is 11.5 Å². The maximum absolute atomic E-state index is 5.87. The van der Waals surface area contributed by atoms with E-state index in [1.165, 1.54) is 31.2 Å². The van der Waals surface area contributed by atoms with Gasteiger partial charge in [-0.25, -0.2) is 4.99 Å². The normalized spacial score (nSPS) is 20.6. The SMILES string of the molecule is CCNC(=NCc1cc2c(cc1OC)CC(C)O2)NC1CCCC1. The topological polar surface area (TPSA) is 54.9 Å². The number of guanidine groups is 1. The lowest BCUT2D eigenvalue weighted by molar-refractivity contribution is 0.254. The highest BCUT2D eigenvalue weighted by Gasteiger charge is 2.22. The third-order valence-electron chi connectivity index (χ3n) is 4.75. The number of nitrogens with zero attached hydrogens (tertiary/aromatic N) is 1. The van der Waals surface area contributed by atoms with E-state index in [1.54, 1.807) is 7.11 Å². The molecule has 0 radical (unpaired) electrons. The predicted octanol–water partition coefficient (Wildman–Crippen LogP) is 3.02.